The highest BCUT2D eigenvalue weighted by Gasteiger charge is 2.30. The number of hydrogen-bond acceptors (Lipinski definition) is 3. The molecule has 0 N–H and O–H groups in total. The number of aromatic nitrogens is 2. The normalized spacial score (nSPS) is 19.1. The molecule has 2 aliphatic rings. The molecule has 0 spiro atoms. The molecular formula is C22H31N3O2S. The fourth-order valence-corrected chi connectivity index (χ4v) is 6.13. The van der Waals surface area contributed by atoms with E-state index in [2.05, 4.69) is 23.4 Å². The fourth-order valence-electron chi connectivity index (χ4n) is 4.61. The predicted octanol–water partition coefficient (Wildman–Crippen LogP) is 3.99. The lowest BCUT2D eigenvalue weighted by atomic mass is 9.92. The first-order valence-corrected chi connectivity index (χ1v) is 12.0. The zero-order valence-electron chi connectivity index (χ0n) is 17.0. The topological polar surface area (TPSA) is 55.2 Å². The molecule has 152 valence electrons. The van der Waals surface area contributed by atoms with Gasteiger partial charge in [0.25, 0.3) is 0 Å². The van der Waals surface area contributed by atoms with Crippen molar-refractivity contribution >= 4 is 10.0 Å². The Morgan fingerprint density at radius 3 is 2.54 bits per heavy atom. The first-order valence-electron chi connectivity index (χ1n) is 10.6. The minimum absolute atomic E-state index is 0.402. The number of nitrogens with zero attached hydrogens (tertiary/aromatic N) is 3. The van der Waals surface area contributed by atoms with E-state index < -0.39 is 10.0 Å². The van der Waals surface area contributed by atoms with E-state index in [1.165, 1.54) is 17.5 Å². The van der Waals surface area contributed by atoms with Crippen LogP contribution in [-0.4, -0.2) is 35.4 Å². The Bertz CT molecular complexity index is 925. The van der Waals surface area contributed by atoms with Crippen molar-refractivity contribution in [3.8, 4) is 0 Å². The quantitative estimate of drug-likeness (QED) is 0.761. The highest BCUT2D eigenvalue weighted by atomic mass is 32.2. The number of sulfonamides is 1. The number of imidazole rings is 1. The summed E-state index contributed by atoms with van der Waals surface area (Å²) in [7, 11) is -3.39. The molecule has 0 bridgehead atoms. The predicted molar refractivity (Wildman–Crippen MR) is 111 cm³/mol. The van der Waals surface area contributed by atoms with Crippen molar-refractivity contribution in [3.05, 3.63) is 47.5 Å². The molecule has 5 nitrogen and oxygen atoms in total. The van der Waals surface area contributed by atoms with Gasteiger partial charge in [0.1, 0.15) is 5.82 Å². The monoisotopic (exact) mass is 401 g/mol. The van der Waals surface area contributed by atoms with Crippen LogP contribution in [0.2, 0.25) is 0 Å². The number of rotatable bonds is 5. The van der Waals surface area contributed by atoms with Gasteiger partial charge in [-0.3, -0.25) is 0 Å². The van der Waals surface area contributed by atoms with E-state index in [-0.39, 0.29) is 0 Å². The lowest BCUT2D eigenvalue weighted by Crippen LogP contribution is -2.39. The van der Waals surface area contributed by atoms with E-state index >= 15 is 0 Å². The molecule has 0 saturated carbocycles. The molecule has 1 aliphatic heterocycles. The summed E-state index contributed by atoms with van der Waals surface area (Å²) in [6.07, 6.45) is 10.2. The van der Waals surface area contributed by atoms with E-state index in [0.717, 1.165) is 44.5 Å². The van der Waals surface area contributed by atoms with Gasteiger partial charge in [0.05, 0.1) is 4.90 Å². The van der Waals surface area contributed by atoms with Gasteiger partial charge in [-0.15, -0.1) is 0 Å². The van der Waals surface area contributed by atoms with Gasteiger partial charge in [-0.05, 0) is 67.7 Å². The summed E-state index contributed by atoms with van der Waals surface area (Å²) in [5.41, 5.74) is 2.55. The molecule has 1 aromatic carbocycles. The number of piperidine rings is 1. The molecular weight excluding hydrogens is 370 g/mol. The van der Waals surface area contributed by atoms with E-state index in [0.29, 0.717) is 29.8 Å². The van der Waals surface area contributed by atoms with Crippen molar-refractivity contribution < 1.29 is 8.42 Å². The van der Waals surface area contributed by atoms with E-state index in [1.807, 2.05) is 30.6 Å². The van der Waals surface area contributed by atoms with Gasteiger partial charge in [-0.1, -0.05) is 19.9 Å². The van der Waals surface area contributed by atoms with Crippen LogP contribution in [0.4, 0.5) is 0 Å². The lowest BCUT2D eigenvalue weighted by Gasteiger charge is -2.32. The lowest BCUT2D eigenvalue weighted by molar-refractivity contribution is 0.251. The van der Waals surface area contributed by atoms with Crippen molar-refractivity contribution in [2.45, 2.75) is 69.7 Å². The third-order valence-electron chi connectivity index (χ3n) is 6.25. The first-order chi connectivity index (χ1) is 13.4. The van der Waals surface area contributed by atoms with Crippen molar-refractivity contribution in [1.29, 1.82) is 0 Å². The molecule has 0 amide bonds. The molecule has 1 aromatic heterocycles. The van der Waals surface area contributed by atoms with Crippen LogP contribution >= 0.6 is 0 Å². The van der Waals surface area contributed by atoms with Crippen LogP contribution in [0.25, 0.3) is 0 Å². The molecule has 1 aliphatic carbocycles. The Kier molecular flexibility index (Phi) is 5.61. The SMILES string of the molecule is CC(C)c1nccn1CC1CCN(S(=O)(=O)c2ccc3c(c2)CCCC3)CC1. The molecule has 1 fully saturated rings. The van der Waals surface area contributed by atoms with Gasteiger partial charge < -0.3 is 4.57 Å². The standard InChI is InChI=1S/C22H31N3O2S/c1-17(2)22-23-11-14-24(22)16-18-9-12-25(13-10-18)28(26,27)21-8-7-19-5-3-4-6-20(19)15-21/h7-8,11,14-15,17-18H,3-6,9-10,12-13,16H2,1-2H3. The van der Waals surface area contributed by atoms with Crippen LogP contribution in [0.15, 0.2) is 35.5 Å². The number of aryl methyl sites for hydroxylation is 2. The maximum Gasteiger partial charge on any atom is 0.243 e. The molecule has 28 heavy (non-hydrogen) atoms. The van der Waals surface area contributed by atoms with Crippen LogP contribution in [0.3, 0.4) is 0 Å². The molecule has 2 aromatic rings. The van der Waals surface area contributed by atoms with Gasteiger partial charge in [0, 0.05) is 37.9 Å². The van der Waals surface area contributed by atoms with Crippen molar-refractivity contribution in [2.75, 3.05) is 13.1 Å². The largest absolute Gasteiger partial charge is 0.334 e. The van der Waals surface area contributed by atoms with Crippen molar-refractivity contribution in [3.63, 3.8) is 0 Å². The summed E-state index contributed by atoms with van der Waals surface area (Å²) < 4.78 is 30.2. The second-order valence-corrected chi connectivity index (χ2v) is 10.5. The Balaban J connectivity index is 1.42. The fraction of sp³-hybridized carbons (Fsp3) is 0.591. The third kappa shape index (κ3) is 3.90. The van der Waals surface area contributed by atoms with Gasteiger partial charge in [0.2, 0.25) is 10.0 Å². The number of hydrogen-bond donors (Lipinski definition) is 0. The van der Waals surface area contributed by atoms with Gasteiger partial charge >= 0.3 is 0 Å². The highest BCUT2D eigenvalue weighted by Crippen LogP contribution is 2.29. The Morgan fingerprint density at radius 2 is 1.82 bits per heavy atom. The Morgan fingerprint density at radius 1 is 1.11 bits per heavy atom. The summed E-state index contributed by atoms with van der Waals surface area (Å²) in [4.78, 5) is 4.94. The summed E-state index contributed by atoms with van der Waals surface area (Å²) in [6.45, 7) is 6.46. The minimum atomic E-state index is -3.39. The summed E-state index contributed by atoms with van der Waals surface area (Å²) >= 11 is 0. The van der Waals surface area contributed by atoms with E-state index in [4.69, 9.17) is 0 Å². The minimum Gasteiger partial charge on any atom is -0.334 e. The van der Waals surface area contributed by atoms with Gasteiger partial charge in [-0.2, -0.15) is 4.31 Å². The maximum absolute atomic E-state index is 13.2. The summed E-state index contributed by atoms with van der Waals surface area (Å²) in [5.74, 6) is 2.02. The third-order valence-corrected chi connectivity index (χ3v) is 8.14. The summed E-state index contributed by atoms with van der Waals surface area (Å²) in [6, 6.07) is 5.77. The van der Waals surface area contributed by atoms with Gasteiger partial charge in [0.15, 0.2) is 0 Å². The van der Waals surface area contributed by atoms with E-state index in [9.17, 15) is 8.42 Å². The zero-order chi connectivity index (χ0) is 19.7. The second-order valence-electron chi connectivity index (χ2n) is 8.58. The molecule has 6 heteroatoms. The average molecular weight is 402 g/mol. The maximum atomic E-state index is 13.2. The Hall–Kier alpha value is -1.66. The second kappa shape index (κ2) is 7.99. The van der Waals surface area contributed by atoms with Crippen molar-refractivity contribution in [1.82, 2.24) is 13.9 Å². The molecule has 2 heterocycles. The van der Waals surface area contributed by atoms with Gasteiger partial charge in [-0.25, -0.2) is 13.4 Å². The molecule has 0 radical (unpaired) electrons. The zero-order valence-corrected chi connectivity index (χ0v) is 17.8. The van der Waals surface area contributed by atoms with Crippen molar-refractivity contribution in [2.24, 2.45) is 5.92 Å². The molecule has 0 atom stereocenters. The van der Waals surface area contributed by atoms with Crippen LogP contribution < -0.4 is 0 Å². The Labute approximate surface area is 168 Å². The number of fused-ring (bicyclic) bond motifs is 1. The van der Waals surface area contributed by atoms with Crippen LogP contribution in [0, 0.1) is 5.92 Å². The van der Waals surface area contributed by atoms with E-state index in [1.54, 1.807) is 4.31 Å². The summed E-state index contributed by atoms with van der Waals surface area (Å²) in [5, 5.41) is 0. The van der Waals surface area contributed by atoms with Crippen LogP contribution in [0.5, 0.6) is 0 Å². The molecule has 4 rings (SSSR count). The van der Waals surface area contributed by atoms with Crippen LogP contribution in [0.1, 0.15) is 62.4 Å². The average Bonchev–Trinajstić information content (AvgIpc) is 3.16. The molecule has 1 saturated heterocycles. The number of benzene rings is 1. The molecule has 0 unspecified atom stereocenters. The first kappa shape index (κ1) is 19.6. The van der Waals surface area contributed by atoms with Crippen LogP contribution in [-0.2, 0) is 29.4 Å². The smallest absolute Gasteiger partial charge is 0.243 e. The highest BCUT2D eigenvalue weighted by molar-refractivity contribution is 7.89.